The van der Waals surface area contributed by atoms with Gasteiger partial charge in [-0.2, -0.15) is 0 Å². The SMILES string of the molecule is CCCOc1cccc(N(c2ccc(C3=CCC(c4ccc(N(c5cccc(OCCC)c5)c5cccc(OCCC)c5)cc4)=CC(c4ccc(N(c5cccc(OCCC)c5)c5cccc(OCCC)c5)cc4)=C3)cc2)c2cccc(OCCC)c2)c1. The molecule has 88 heavy (non-hydrogen) atoms. The third-order valence-corrected chi connectivity index (χ3v) is 14.9. The molecule has 0 atom stereocenters. The number of anilines is 9. The molecule has 0 heterocycles. The predicted octanol–water partition coefficient (Wildman–Crippen LogP) is 21.8. The van der Waals surface area contributed by atoms with Crippen molar-refractivity contribution in [3.63, 3.8) is 0 Å². The van der Waals surface area contributed by atoms with Crippen LogP contribution in [0.25, 0.3) is 16.7 Å². The second kappa shape index (κ2) is 31.2. The average Bonchev–Trinajstić information content (AvgIpc) is 3.81. The summed E-state index contributed by atoms with van der Waals surface area (Å²) in [6, 6.07) is 76.9. The fourth-order valence-corrected chi connectivity index (χ4v) is 10.7. The van der Waals surface area contributed by atoms with E-state index in [1.54, 1.807) is 0 Å². The molecule has 0 amide bonds. The molecule has 1 aliphatic carbocycles. The molecule has 450 valence electrons. The smallest absolute Gasteiger partial charge is 0.121 e. The van der Waals surface area contributed by atoms with E-state index < -0.39 is 0 Å². The van der Waals surface area contributed by atoms with Crippen molar-refractivity contribution in [2.45, 2.75) is 86.5 Å². The number of hydrogen-bond donors (Lipinski definition) is 0. The van der Waals surface area contributed by atoms with E-state index in [0.29, 0.717) is 46.1 Å². The van der Waals surface area contributed by atoms with Crippen LogP contribution in [-0.4, -0.2) is 39.6 Å². The summed E-state index contributed by atoms with van der Waals surface area (Å²) in [6.45, 7) is 16.6. The number of nitrogens with zero attached hydrogens (tertiary/aromatic N) is 3. The fourth-order valence-electron chi connectivity index (χ4n) is 10.7. The highest BCUT2D eigenvalue weighted by atomic mass is 16.5. The Kier molecular flexibility index (Phi) is 21.8. The number of benzene rings is 9. The Bertz CT molecular complexity index is 3620. The predicted molar refractivity (Wildman–Crippen MR) is 367 cm³/mol. The van der Waals surface area contributed by atoms with Crippen molar-refractivity contribution in [3.05, 3.63) is 253 Å². The molecule has 0 bridgehead atoms. The lowest BCUT2D eigenvalue weighted by Crippen LogP contribution is -2.10. The average molecular weight is 1170 g/mol. The first-order chi connectivity index (χ1) is 43.3. The van der Waals surface area contributed by atoms with Crippen LogP contribution < -0.4 is 43.1 Å². The zero-order chi connectivity index (χ0) is 60.9. The van der Waals surface area contributed by atoms with Crippen LogP contribution in [0.1, 0.15) is 103 Å². The molecule has 0 aromatic heterocycles. The van der Waals surface area contributed by atoms with Crippen LogP contribution in [0.5, 0.6) is 34.5 Å². The monoisotopic (exact) mass is 1170 g/mol. The van der Waals surface area contributed by atoms with Crippen molar-refractivity contribution in [3.8, 4) is 34.5 Å². The fraction of sp³-hybridized carbons (Fsp3) is 0.241. The quantitative estimate of drug-likeness (QED) is 0.0438. The van der Waals surface area contributed by atoms with Gasteiger partial charge < -0.3 is 43.1 Å². The van der Waals surface area contributed by atoms with Gasteiger partial charge in [-0.15, -0.1) is 0 Å². The number of hydrogen-bond acceptors (Lipinski definition) is 9. The van der Waals surface area contributed by atoms with Gasteiger partial charge in [0.15, 0.2) is 0 Å². The molecule has 9 aromatic carbocycles. The molecule has 10 rings (SSSR count). The first-order valence-electron chi connectivity index (χ1n) is 31.6. The van der Waals surface area contributed by atoms with Crippen molar-refractivity contribution >= 4 is 67.9 Å². The maximum atomic E-state index is 6.19. The topological polar surface area (TPSA) is 65.1 Å². The van der Waals surface area contributed by atoms with Gasteiger partial charge in [0.1, 0.15) is 34.5 Å². The van der Waals surface area contributed by atoms with E-state index in [2.05, 4.69) is 256 Å². The minimum atomic E-state index is 0.643. The lowest BCUT2D eigenvalue weighted by atomic mass is 9.97. The van der Waals surface area contributed by atoms with Gasteiger partial charge in [-0.3, -0.25) is 0 Å². The molecular weight excluding hydrogens is 1090 g/mol. The molecule has 0 saturated heterocycles. The second-order valence-corrected chi connectivity index (χ2v) is 21.9. The van der Waals surface area contributed by atoms with Crippen LogP contribution in [0.4, 0.5) is 51.2 Å². The number of allylic oxidation sites excluding steroid dienone is 6. The molecule has 0 N–H and O–H groups in total. The van der Waals surface area contributed by atoms with Crippen LogP contribution in [0.2, 0.25) is 0 Å². The molecular formula is C79H83N3O6. The zero-order valence-electron chi connectivity index (χ0n) is 52.0. The van der Waals surface area contributed by atoms with E-state index in [1.165, 1.54) is 5.57 Å². The summed E-state index contributed by atoms with van der Waals surface area (Å²) in [5, 5.41) is 0. The molecule has 1 aliphatic rings. The van der Waals surface area contributed by atoms with Gasteiger partial charge in [0.05, 0.1) is 39.6 Å². The van der Waals surface area contributed by atoms with Crippen LogP contribution >= 0.6 is 0 Å². The minimum absolute atomic E-state index is 0.643. The van der Waals surface area contributed by atoms with E-state index >= 15 is 0 Å². The van der Waals surface area contributed by atoms with Crippen LogP contribution in [0, 0.1) is 0 Å². The largest absolute Gasteiger partial charge is 0.494 e. The minimum Gasteiger partial charge on any atom is -0.494 e. The maximum Gasteiger partial charge on any atom is 0.121 e. The highest BCUT2D eigenvalue weighted by Gasteiger charge is 2.21. The van der Waals surface area contributed by atoms with Crippen molar-refractivity contribution in [2.75, 3.05) is 54.3 Å². The Morgan fingerprint density at radius 3 is 0.773 bits per heavy atom. The third-order valence-electron chi connectivity index (χ3n) is 14.9. The highest BCUT2D eigenvalue weighted by Crippen LogP contribution is 2.43. The van der Waals surface area contributed by atoms with Gasteiger partial charge in [0.25, 0.3) is 0 Å². The van der Waals surface area contributed by atoms with E-state index in [1.807, 2.05) is 36.4 Å². The van der Waals surface area contributed by atoms with Gasteiger partial charge in [0.2, 0.25) is 0 Å². The second-order valence-electron chi connectivity index (χ2n) is 21.9. The first kappa shape index (κ1) is 61.5. The lowest BCUT2D eigenvalue weighted by molar-refractivity contribution is 0.317. The van der Waals surface area contributed by atoms with E-state index in [0.717, 1.165) is 152 Å². The Balaban J connectivity index is 1.05. The highest BCUT2D eigenvalue weighted by molar-refractivity contribution is 5.95. The normalized spacial score (nSPS) is 12.0. The first-order valence-corrected chi connectivity index (χ1v) is 31.6. The lowest BCUT2D eigenvalue weighted by Gasteiger charge is -2.27. The third kappa shape index (κ3) is 15.9. The molecule has 0 fully saturated rings. The molecule has 0 saturated carbocycles. The van der Waals surface area contributed by atoms with E-state index in [-0.39, 0.29) is 0 Å². The van der Waals surface area contributed by atoms with Gasteiger partial charge in [-0.1, -0.05) is 126 Å². The summed E-state index contributed by atoms with van der Waals surface area (Å²) in [6.07, 6.45) is 13.3. The maximum absolute atomic E-state index is 6.19. The van der Waals surface area contributed by atoms with Crippen molar-refractivity contribution in [1.29, 1.82) is 0 Å². The summed E-state index contributed by atoms with van der Waals surface area (Å²) in [4.78, 5) is 6.83. The van der Waals surface area contributed by atoms with Gasteiger partial charge >= 0.3 is 0 Å². The summed E-state index contributed by atoms with van der Waals surface area (Å²) in [7, 11) is 0. The molecule has 0 unspecified atom stereocenters. The Morgan fingerprint density at radius 1 is 0.261 bits per heavy atom. The van der Waals surface area contributed by atoms with Crippen molar-refractivity contribution in [1.82, 2.24) is 0 Å². The molecule has 9 heteroatoms. The Labute approximate surface area is 522 Å². The zero-order valence-corrected chi connectivity index (χ0v) is 52.0. The Morgan fingerprint density at radius 2 is 0.511 bits per heavy atom. The number of ether oxygens (including phenoxy) is 6. The summed E-state index contributed by atoms with van der Waals surface area (Å²) in [5.41, 5.74) is 15.7. The summed E-state index contributed by atoms with van der Waals surface area (Å²) < 4.78 is 37.1. The summed E-state index contributed by atoms with van der Waals surface area (Å²) in [5.74, 6) is 4.99. The van der Waals surface area contributed by atoms with Crippen molar-refractivity contribution in [2.24, 2.45) is 0 Å². The van der Waals surface area contributed by atoms with Crippen LogP contribution in [0.15, 0.2) is 237 Å². The van der Waals surface area contributed by atoms with E-state index in [4.69, 9.17) is 28.4 Å². The number of rotatable bonds is 30. The van der Waals surface area contributed by atoms with Crippen LogP contribution in [-0.2, 0) is 0 Å². The molecule has 0 spiro atoms. The van der Waals surface area contributed by atoms with Crippen molar-refractivity contribution < 1.29 is 28.4 Å². The summed E-state index contributed by atoms with van der Waals surface area (Å²) >= 11 is 0. The van der Waals surface area contributed by atoms with Gasteiger partial charge in [-0.25, -0.2) is 0 Å². The Hall–Kier alpha value is -9.60. The van der Waals surface area contributed by atoms with Gasteiger partial charge in [0, 0.05) is 87.6 Å². The molecule has 0 aliphatic heterocycles. The molecule has 0 radical (unpaired) electrons. The van der Waals surface area contributed by atoms with E-state index in [9.17, 15) is 0 Å². The van der Waals surface area contributed by atoms with Gasteiger partial charge in [-0.05, 0) is 194 Å². The molecule has 9 nitrogen and oxygen atoms in total. The van der Waals surface area contributed by atoms with Crippen LogP contribution in [0.3, 0.4) is 0 Å². The molecule has 9 aromatic rings. The standard InChI is InChI=1S/C79H83N3O6/c1-7-45-83-74-25-13-19-68(53-74)80(69-20-14-26-75(54-69)84-46-8-2)65-39-33-59(34-40-65)62-31-32-63(60-35-41-66(42-36-60)81(70-21-15-27-76(55-70)85-47-9-3)71-22-16-28-77(56-71)86-48-10-4)52-64(51-62)61-37-43-67(44-38-61)82(72-23-17-29-78(57-72)87-49-11-5)73-24-18-30-79(58-73)88-50-12-6/h13-31,33-44,51-58H,7-12,32,45-50H2,1-6H3.